The van der Waals surface area contributed by atoms with Gasteiger partial charge in [-0.25, -0.2) is 0 Å². The van der Waals surface area contributed by atoms with E-state index in [0.717, 1.165) is 5.69 Å². The molecule has 140 valence electrons. The maximum absolute atomic E-state index is 12.5. The number of rotatable bonds is 6. The molecule has 6 nitrogen and oxygen atoms in total. The van der Waals surface area contributed by atoms with E-state index in [1.807, 2.05) is 35.1 Å². The van der Waals surface area contributed by atoms with Gasteiger partial charge in [-0.05, 0) is 36.6 Å². The molecule has 0 atom stereocenters. The molecule has 0 aliphatic rings. The van der Waals surface area contributed by atoms with Crippen molar-refractivity contribution in [2.75, 3.05) is 13.4 Å². The smallest absolute Gasteiger partial charge is 0.253 e. The number of halogens is 2. The SMILES string of the molecule is COc1ccccc1-n1c(CNC(=O)c2ccc(Cl)cc2Cl)nnc1SC. The number of hydrogen-bond acceptors (Lipinski definition) is 5. The Bertz CT molecular complexity index is 978. The van der Waals surface area contributed by atoms with Crippen molar-refractivity contribution >= 4 is 40.9 Å². The van der Waals surface area contributed by atoms with Crippen LogP contribution in [0.25, 0.3) is 5.69 Å². The van der Waals surface area contributed by atoms with Crippen molar-refractivity contribution < 1.29 is 9.53 Å². The third-order valence-corrected chi connectivity index (χ3v) is 4.97. The Hall–Kier alpha value is -2.22. The molecular formula is C18H16Cl2N4O2S. The summed E-state index contributed by atoms with van der Waals surface area (Å²) in [7, 11) is 1.60. The van der Waals surface area contributed by atoms with E-state index in [4.69, 9.17) is 27.9 Å². The molecule has 0 bridgehead atoms. The van der Waals surface area contributed by atoms with Crippen molar-refractivity contribution in [3.63, 3.8) is 0 Å². The summed E-state index contributed by atoms with van der Waals surface area (Å²) in [6, 6.07) is 12.3. The first-order valence-electron chi connectivity index (χ1n) is 7.90. The van der Waals surface area contributed by atoms with E-state index in [-0.39, 0.29) is 17.5 Å². The van der Waals surface area contributed by atoms with Gasteiger partial charge in [0.15, 0.2) is 11.0 Å². The first-order chi connectivity index (χ1) is 13.0. The maximum atomic E-state index is 12.5. The van der Waals surface area contributed by atoms with Crippen molar-refractivity contribution in [3.05, 3.63) is 63.9 Å². The number of methoxy groups -OCH3 is 1. The average molecular weight is 423 g/mol. The minimum atomic E-state index is -0.322. The fraction of sp³-hybridized carbons (Fsp3) is 0.167. The third-order valence-electron chi connectivity index (χ3n) is 3.79. The molecule has 3 aromatic rings. The maximum Gasteiger partial charge on any atom is 0.253 e. The van der Waals surface area contributed by atoms with Crippen molar-refractivity contribution in [1.82, 2.24) is 20.1 Å². The summed E-state index contributed by atoms with van der Waals surface area (Å²) in [6.45, 7) is 0.170. The highest BCUT2D eigenvalue weighted by Gasteiger charge is 2.18. The van der Waals surface area contributed by atoms with Crippen LogP contribution in [0.15, 0.2) is 47.6 Å². The molecule has 0 fully saturated rings. The number of carbonyl (C=O) groups excluding carboxylic acids is 1. The van der Waals surface area contributed by atoms with E-state index in [0.29, 0.717) is 27.3 Å². The second kappa shape index (κ2) is 8.65. The fourth-order valence-electron chi connectivity index (χ4n) is 2.53. The summed E-state index contributed by atoms with van der Waals surface area (Å²) in [4.78, 5) is 12.5. The van der Waals surface area contributed by atoms with E-state index >= 15 is 0 Å². The molecule has 0 saturated heterocycles. The van der Waals surface area contributed by atoms with Crippen LogP contribution in [0.1, 0.15) is 16.2 Å². The van der Waals surface area contributed by atoms with Crippen molar-refractivity contribution in [1.29, 1.82) is 0 Å². The summed E-state index contributed by atoms with van der Waals surface area (Å²) in [6.07, 6.45) is 1.91. The Morgan fingerprint density at radius 2 is 2.00 bits per heavy atom. The van der Waals surface area contributed by atoms with Crippen molar-refractivity contribution in [2.45, 2.75) is 11.7 Å². The quantitative estimate of drug-likeness (QED) is 0.601. The molecule has 0 unspecified atom stereocenters. The normalized spacial score (nSPS) is 10.7. The average Bonchev–Trinajstić information content (AvgIpc) is 3.08. The molecule has 0 saturated carbocycles. The predicted octanol–water partition coefficient (Wildman–Crippen LogP) is 4.23. The zero-order valence-corrected chi connectivity index (χ0v) is 16.9. The molecule has 1 heterocycles. The molecule has 3 rings (SSSR count). The first-order valence-corrected chi connectivity index (χ1v) is 9.88. The van der Waals surface area contributed by atoms with Gasteiger partial charge in [0.25, 0.3) is 5.91 Å². The number of ether oxygens (including phenoxy) is 1. The number of benzene rings is 2. The van der Waals surface area contributed by atoms with Crippen LogP contribution in [0.2, 0.25) is 10.0 Å². The summed E-state index contributed by atoms with van der Waals surface area (Å²) in [5.74, 6) is 0.931. The van der Waals surface area contributed by atoms with Crippen molar-refractivity contribution in [2.24, 2.45) is 0 Å². The second-order valence-corrected chi connectivity index (χ2v) is 7.03. The third kappa shape index (κ3) is 4.21. The van der Waals surface area contributed by atoms with Crippen LogP contribution in [-0.4, -0.2) is 34.0 Å². The number of nitrogens with one attached hydrogen (secondary N) is 1. The van der Waals surface area contributed by atoms with Gasteiger partial charge in [-0.15, -0.1) is 10.2 Å². The molecule has 1 N–H and O–H groups in total. The highest BCUT2D eigenvalue weighted by atomic mass is 35.5. The zero-order chi connectivity index (χ0) is 19.4. The van der Waals surface area contributed by atoms with Gasteiger partial charge in [-0.2, -0.15) is 0 Å². The number of aromatic nitrogens is 3. The molecule has 0 radical (unpaired) electrons. The number of thioether (sulfide) groups is 1. The number of amides is 1. The molecule has 1 aromatic heterocycles. The lowest BCUT2D eigenvalue weighted by Crippen LogP contribution is -2.25. The van der Waals surface area contributed by atoms with Gasteiger partial charge in [-0.1, -0.05) is 47.1 Å². The molecule has 0 aliphatic heterocycles. The minimum Gasteiger partial charge on any atom is -0.495 e. The van der Waals surface area contributed by atoms with Gasteiger partial charge in [0.1, 0.15) is 5.75 Å². The lowest BCUT2D eigenvalue weighted by Gasteiger charge is -2.13. The molecule has 0 spiro atoms. The zero-order valence-electron chi connectivity index (χ0n) is 14.6. The van der Waals surface area contributed by atoms with E-state index in [9.17, 15) is 4.79 Å². The van der Waals surface area contributed by atoms with Crippen LogP contribution in [-0.2, 0) is 6.54 Å². The lowest BCUT2D eigenvalue weighted by molar-refractivity contribution is 0.0950. The van der Waals surface area contributed by atoms with Crippen LogP contribution >= 0.6 is 35.0 Å². The van der Waals surface area contributed by atoms with Gasteiger partial charge in [0.2, 0.25) is 0 Å². The Balaban J connectivity index is 1.88. The monoisotopic (exact) mass is 422 g/mol. The standard InChI is InChI=1S/C18H16Cl2N4O2S/c1-26-15-6-4-3-5-14(15)24-16(22-23-18(24)27-2)10-21-17(25)12-8-7-11(19)9-13(12)20/h3-9H,10H2,1-2H3,(H,21,25). The van der Waals surface area contributed by atoms with E-state index in [1.54, 1.807) is 19.2 Å². The van der Waals surface area contributed by atoms with E-state index in [2.05, 4.69) is 15.5 Å². The molecule has 9 heteroatoms. The summed E-state index contributed by atoms with van der Waals surface area (Å²) in [5, 5.41) is 12.7. The highest BCUT2D eigenvalue weighted by Crippen LogP contribution is 2.27. The second-order valence-electron chi connectivity index (χ2n) is 5.42. The van der Waals surface area contributed by atoms with Gasteiger partial charge in [0.05, 0.1) is 29.9 Å². The van der Waals surface area contributed by atoms with E-state index < -0.39 is 0 Å². The number of nitrogens with zero attached hydrogens (tertiary/aromatic N) is 3. The minimum absolute atomic E-state index is 0.170. The van der Waals surface area contributed by atoms with E-state index in [1.165, 1.54) is 17.8 Å². The molecular weight excluding hydrogens is 407 g/mol. The van der Waals surface area contributed by atoms with Gasteiger partial charge in [0, 0.05) is 5.02 Å². The Kier molecular flexibility index (Phi) is 6.26. The molecule has 2 aromatic carbocycles. The van der Waals surface area contributed by atoms with Crippen LogP contribution < -0.4 is 10.1 Å². The largest absolute Gasteiger partial charge is 0.495 e. The Labute approximate surface area is 170 Å². The predicted molar refractivity (Wildman–Crippen MR) is 107 cm³/mol. The Morgan fingerprint density at radius 3 is 2.70 bits per heavy atom. The highest BCUT2D eigenvalue weighted by molar-refractivity contribution is 7.98. The number of hydrogen-bond donors (Lipinski definition) is 1. The lowest BCUT2D eigenvalue weighted by atomic mass is 10.2. The van der Waals surface area contributed by atoms with Gasteiger partial charge < -0.3 is 10.1 Å². The van der Waals surface area contributed by atoms with Gasteiger partial charge >= 0.3 is 0 Å². The van der Waals surface area contributed by atoms with Gasteiger partial charge in [-0.3, -0.25) is 9.36 Å². The van der Waals surface area contributed by atoms with Crippen LogP contribution in [0.4, 0.5) is 0 Å². The molecule has 0 aliphatic carbocycles. The Morgan fingerprint density at radius 1 is 1.22 bits per heavy atom. The topological polar surface area (TPSA) is 69.0 Å². The number of carbonyl (C=O) groups is 1. The fourth-order valence-corrected chi connectivity index (χ4v) is 3.53. The molecule has 1 amide bonds. The summed E-state index contributed by atoms with van der Waals surface area (Å²) < 4.78 is 7.30. The summed E-state index contributed by atoms with van der Waals surface area (Å²) in [5.41, 5.74) is 1.14. The summed E-state index contributed by atoms with van der Waals surface area (Å²) >= 11 is 13.4. The van der Waals surface area contributed by atoms with Crippen LogP contribution in [0.3, 0.4) is 0 Å². The molecule has 27 heavy (non-hydrogen) atoms. The van der Waals surface area contributed by atoms with Crippen LogP contribution in [0.5, 0.6) is 5.75 Å². The van der Waals surface area contributed by atoms with Crippen LogP contribution in [0, 0.1) is 0 Å². The van der Waals surface area contributed by atoms with Crippen molar-refractivity contribution in [3.8, 4) is 11.4 Å². The number of para-hydroxylation sites is 2. The first kappa shape index (κ1) is 19.5.